The molecule has 0 spiro atoms. The monoisotopic (exact) mass is 471 g/mol. The summed E-state index contributed by atoms with van der Waals surface area (Å²) in [7, 11) is 1.28. The highest BCUT2D eigenvalue weighted by Crippen LogP contribution is 2.20. The molecule has 0 aliphatic carbocycles. The van der Waals surface area contributed by atoms with Gasteiger partial charge in [0.15, 0.2) is 0 Å². The number of hydrogen-bond acceptors (Lipinski definition) is 7. The number of nitrogens with zero attached hydrogens (tertiary/aromatic N) is 1. The maximum Gasteiger partial charge on any atom is 0.407 e. The van der Waals surface area contributed by atoms with Gasteiger partial charge in [-0.3, -0.25) is 4.79 Å². The largest absolute Gasteiger partial charge is 0.464 e. The van der Waals surface area contributed by atoms with Gasteiger partial charge in [0.25, 0.3) is 5.91 Å². The second-order valence-corrected chi connectivity index (χ2v) is 8.76. The van der Waals surface area contributed by atoms with E-state index in [1.807, 2.05) is 58.0 Å². The van der Waals surface area contributed by atoms with Crippen molar-refractivity contribution in [3.8, 4) is 0 Å². The Balaban J connectivity index is 0.000000248. The maximum atomic E-state index is 11.9. The molecule has 1 aliphatic heterocycles. The van der Waals surface area contributed by atoms with Crippen molar-refractivity contribution >= 4 is 23.7 Å². The fraction of sp³-hybridized carbons (Fsp3) is 0.440. The zero-order valence-corrected chi connectivity index (χ0v) is 20.3. The highest BCUT2D eigenvalue weighted by molar-refractivity contribution is 5.95. The molecule has 1 fully saturated rings. The number of hydrogen-bond donors (Lipinski definition) is 2. The van der Waals surface area contributed by atoms with Crippen LogP contribution < -0.4 is 10.6 Å². The van der Waals surface area contributed by atoms with Gasteiger partial charge in [-0.05, 0) is 58.2 Å². The summed E-state index contributed by atoms with van der Waals surface area (Å²) in [6.07, 6.45) is 2.33. The van der Waals surface area contributed by atoms with E-state index < -0.39 is 17.7 Å². The maximum absolute atomic E-state index is 11.9. The van der Waals surface area contributed by atoms with E-state index in [-0.39, 0.29) is 23.8 Å². The minimum Gasteiger partial charge on any atom is -0.464 e. The van der Waals surface area contributed by atoms with Gasteiger partial charge in [0.2, 0.25) is 0 Å². The Labute approximate surface area is 200 Å². The number of methoxy groups -OCH3 is 1. The van der Waals surface area contributed by atoms with Crippen molar-refractivity contribution in [1.82, 2.24) is 10.3 Å². The Kier molecular flexibility index (Phi) is 10.0. The van der Waals surface area contributed by atoms with Crippen molar-refractivity contribution in [2.75, 3.05) is 12.4 Å². The van der Waals surface area contributed by atoms with E-state index in [0.29, 0.717) is 18.7 Å². The van der Waals surface area contributed by atoms with Gasteiger partial charge in [-0.2, -0.15) is 0 Å². The number of esters is 1. The third kappa shape index (κ3) is 9.58. The van der Waals surface area contributed by atoms with Crippen molar-refractivity contribution in [2.45, 2.75) is 64.9 Å². The smallest absolute Gasteiger partial charge is 0.407 e. The van der Waals surface area contributed by atoms with E-state index in [9.17, 15) is 14.4 Å². The Morgan fingerprint density at radius 3 is 2.41 bits per heavy atom. The third-order valence-electron chi connectivity index (χ3n) is 4.62. The number of aromatic nitrogens is 1. The summed E-state index contributed by atoms with van der Waals surface area (Å²) in [6, 6.07) is 12.8. The standard InChI is InChI=1S/C13H16N2O4.C12H17NO2/c1-8-3-4-11(19-8)12(16)15-9-5-6-14-10(7-9)13(17)18-2;1-12(2,3)15-11(14)13-9-10-7-5-4-6-8-10/h5-8,11H,3-4H2,1-2H3,(H,14,15,16);4-8H,9H2,1-3H3,(H,13,14). The van der Waals surface area contributed by atoms with E-state index >= 15 is 0 Å². The number of pyridine rings is 1. The number of nitrogens with one attached hydrogen (secondary N) is 2. The first kappa shape index (κ1) is 26.8. The number of ether oxygens (including phenoxy) is 3. The summed E-state index contributed by atoms with van der Waals surface area (Å²) in [5.74, 6) is -0.742. The highest BCUT2D eigenvalue weighted by Gasteiger charge is 2.28. The van der Waals surface area contributed by atoms with E-state index in [2.05, 4.69) is 20.4 Å². The normalized spacial score (nSPS) is 17.1. The van der Waals surface area contributed by atoms with E-state index in [4.69, 9.17) is 9.47 Å². The second kappa shape index (κ2) is 12.7. The molecular formula is C25H33N3O6. The van der Waals surface area contributed by atoms with Crippen LogP contribution in [0.1, 0.15) is 56.6 Å². The lowest BCUT2D eigenvalue weighted by atomic mass is 10.2. The minimum absolute atomic E-state index is 0.110. The molecule has 1 aliphatic rings. The number of carbonyl (C=O) groups is 3. The Bertz CT molecular complexity index is 959. The van der Waals surface area contributed by atoms with Crippen LogP contribution in [-0.4, -0.2) is 47.9 Å². The van der Waals surface area contributed by atoms with Gasteiger partial charge in [-0.1, -0.05) is 30.3 Å². The zero-order valence-electron chi connectivity index (χ0n) is 20.3. The van der Waals surface area contributed by atoms with Crippen LogP contribution in [0.4, 0.5) is 10.5 Å². The van der Waals surface area contributed by atoms with Gasteiger partial charge in [-0.25, -0.2) is 14.6 Å². The van der Waals surface area contributed by atoms with Gasteiger partial charge >= 0.3 is 12.1 Å². The molecule has 3 rings (SSSR count). The lowest BCUT2D eigenvalue weighted by molar-refractivity contribution is -0.126. The number of amides is 2. The van der Waals surface area contributed by atoms with Gasteiger partial charge in [0, 0.05) is 18.4 Å². The second-order valence-electron chi connectivity index (χ2n) is 8.76. The van der Waals surface area contributed by atoms with Crippen molar-refractivity contribution < 1.29 is 28.6 Å². The van der Waals surface area contributed by atoms with E-state index in [0.717, 1.165) is 12.0 Å². The van der Waals surface area contributed by atoms with Crippen molar-refractivity contribution in [3.05, 3.63) is 59.9 Å². The van der Waals surface area contributed by atoms with Crippen molar-refractivity contribution in [3.63, 3.8) is 0 Å². The fourth-order valence-electron chi connectivity index (χ4n) is 3.03. The molecule has 2 heterocycles. The van der Waals surface area contributed by atoms with Crippen LogP contribution in [0.15, 0.2) is 48.7 Å². The molecule has 34 heavy (non-hydrogen) atoms. The van der Waals surface area contributed by atoms with Crippen molar-refractivity contribution in [1.29, 1.82) is 0 Å². The van der Waals surface area contributed by atoms with Gasteiger partial charge in [-0.15, -0.1) is 0 Å². The number of rotatable bonds is 5. The van der Waals surface area contributed by atoms with Crippen LogP contribution in [0.5, 0.6) is 0 Å². The first-order chi connectivity index (χ1) is 16.1. The average molecular weight is 472 g/mol. The van der Waals surface area contributed by atoms with Crippen LogP contribution in [-0.2, 0) is 25.5 Å². The van der Waals surface area contributed by atoms with Crippen LogP contribution in [0.25, 0.3) is 0 Å². The Morgan fingerprint density at radius 2 is 1.82 bits per heavy atom. The number of carbonyl (C=O) groups excluding carboxylic acids is 3. The topological polar surface area (TPSA) is 116 Å². The van der Waals surface area contributed by atoms with Crippen molar-refractivity contribution in [2.24, 2.45) is 0 Å². The predicted octanol–water partition coefficient (Wildman–Crippen LogP) is 4.09. The Morgan fingerprint density at radius 1 is 1.12 bits per heavy atom. The van der Waals surface area contributed by atoms with Gasteiger partial charge < -0.3 is 24.8 Å². The molecule has 9 heteroatoms. The number of benzene rings is 1. The molecule has 0 saturated carbocycles. The third-order valence-corrected chi connectivity index (χ3v) is 4.62. The summed E-state index contributed by atoms with van der Waals surface area (Å²) >= 11 is 0. The van der Waals surface area contributed by atoms with Gasteiger partial charge in [0.1, 0.15) is 17.4 Å². The van der Waals surface area contributed by atoms with Gasteiger partial charge in [0.05, 0.1) is 13.2 Å². The molecule has 2 N–H and O–H groups in total. The number of anilines is 1. The van der Waals surface area contributed by atoms with Crippen LogP contribution in [0.2, 0.25) is 0 Å². The van der Waals surface area contributed by atoms with Crippen LogP contribution in [0.3, 0.4) is 0 Å². The Hall–Kier alpha value is -3.46. The molecule has 1 saturated heterocycles. The predicted molar refractivity (Wildman–Crippen MR) is 127 cm³/mol. The molecule has 9 nitrogen and oxygen atoms in total. The van der Waals surface area contributed by atoms with Crippen LogP contribution >= 0.6 is 0 Å². The molecule has 0 bridgehead atoms. The minimum atomic E-state index is -0.540. The lowest BCUT2D eigenvalue weighted by Gasteiger charge is -2.19. The first-order valence-corrected chi connectivity index (χ1v) is 11.1. The SMILES string of the molecule is CC(C)(C)OC(=O)NCc1ccccc1.COC(=O)c1cc(NC(=O)C2CCC(C)O2)ccn1. The molecular weight excluding hydrogens is 438 g/mol. The van der Waals surface area contributed by atoms with E-state index in [1.54, 1.807) is 6.07 Å². The molecule has 0 radical (unpaired) electrons. The quantitative estimate of drug-likeness (QED) is 0.631. The number of alkyl carbamates (subject to hydrolysis) is 1. The zero-order chi connectivity index (χ0) is 25.1. The summed E-state index contributed by atoms with van der Waals surface area (Å²) in [5.41, 5.74) is 1.27. The van der Waals surface area contributed by atoms with E-state index in [1.165, 1.54) is 19.4 Å². The van der Waals surface area contributed by atoms with Crippen LogP contribution in [0, 0.1) is 0 Å². The summed E-state index contributed by atoms with van der Waals surface area (Å²) in [6.45, 7) is 7.96. The average Bonchev–Trinajstić information content (AvgIpc) is 3.24. The summed E-state index contributed by atoms with van der Waals surface area (Å²) < 4.78 is 15.2. The molecule has 2 aromatic rings. The summed E-state index contributed by atoms with van der Waals surface area (Å²) in [5, 5.41) is 5.41. The lowest BCUT2D eigenvalue weighted by Crippen LogP contribution is -2.32. The molecule has 2 atom stereocenters. The molecule has 2 amide bonds. The highest BCUT2D eigenvalue weighted by atomic mass is 16.6. The molecule has 1 aromatic heterocycles. The molecule has 1 aromatic carbocycles. The summed E-state index contributed by atoms with van der Waals surface area (Å²) in [4.78, 5) is 38.4. The first-order valence-electron chi connectivity index (χ1n) is 11.1. The molecule has 184 valence electrons. The molecule has 2 unspecified atom stereocenters. The fourth-order valence-corrected chi connectivity index (χ4v) is 3.03.